The Hall–Kier alpha value is -2.43. The van der Waals surface area contributed by atoms with Crippen LogP contribution in [0.25, 0.3) is 10.9 Å². The smallest absolute Gasteiger partial charge is 0.361 e. The summed E-state index contributed by atoms with van der Waals surface area (Å²) in [6.45, 7) is 0. The van der Waals surface area contributed by atoms with Crippen LogP contribution >= 0.6 is 0 Å². The first-order valence-electron chi connectivity index (χ1n) is 5.12. The summed E-state index contributed by atoms with van der Waals surface area (Å²) in [6, 6.07) is 7.43. The second-order valence-electron chi connectivity index (χ2n) is 3.83. The molecule has 1 aliphatic heterocycles. The van der Waals surface area contributed by atoms with Gasteiger partial charge in [0.1, 0.15) is 0 Å². The van der Waals surface area contributed by atoms with E-state index in [4.69, 9.17) is 0 Å². The lowest BCUT2D eigenvalue weighted by molar-refractivity contribution is -0.148. The van der Waals surface area contributed by atoms with Crippen molar-refractivity contribution in [2.75, 3.05) is 0 Å². The Morgan fingerprint density at radius 2 is 2.12 bits per heavy atom. The van der Waals surface area contributed by atoms with E-state index in [0.29, 0.717) is 5.56 Å². The molecule has 2 aromatic rings. The highest BCUT2D eigenvalue weighted by atomic mass is 16.4. The molecule has 1 radical (unpaired) electrons. The second kappa shape index (κ2) is 3.28. The molecule has 0 aliphatic carbocycles. The van der Waals surface area contributed by atoms with Gasteiger partial charge in [-0.25, -0.2) is 9.90 Å². The van der Waals surface area contributed by atoms with Crippen LogP contribution in [0.15, 0.2) is 53.0 Å². The Morgan fingerprint density at radius 1 is 1.29 bits per heavy atom. The normalized spacial score (nSPS) is 22.4. The van der Waals surface area contributed by atoms with Gasteiger partial charge in [-0.1, -0.05) is 18.2 Å². The standard InChI is InChI=1S/C12H8N3O2/c16-11(17)12(5-6-14-15-12)9-7-13-10-4-2-1-3-8(9)10/h1-7,13H. The lowest BCUT2D eigenvalue weighted by atomic mass is 9.91. The Balaban J connectivity index is 2.31. The quantitative estimate of drug-likeness (QED) is 0.837. The van der Waals surface area contributed by atoms with E-state index in [1.54, 1.807) is 6.20 Å². The number of nitrogens with one attached hydrogen (secondary N) is 1. The average Bonchev–Trinajstić information content (AvgIpc) is 2.95. The number of aromatic amines is 1. The number of fused-ring (bicyclic) bond motifs is 1. The van der Waals surface area contributed by atoms with Gasteiger partial charge in [-0.05, 0) is 12.1 Å². The summed E-state index contributed by atoms with van der Waals surface area (Å²) in [7, 11) is 0. The maximum atomic E-state index is 11.3. The van der Waals surface area contributed by atoms with Crippen LogP contribution in [0, 0.1) is 0 Å². The van der Waals surface area contributed by atoms with Crippen LogP contribution in [0.3, 0.4) is 0 Å². The minimum Gasteiger partial charge on any atom is -0.361 e. The van der Waals surface area contributed by atoms with Crippen molar-refractivity contribution in [3.05, 3.63) is 48.3 Å². The highest BCUT2D eigenvalue weighted by Crippen LogP contribution is 2.36. The van der Waals surface area contributed by atoms with Gasteiger partial charge in [-0.3, -0.25) is 0 Å². The van der Waals surface area contributed by atoms with E-state index in [-0.39, 0.29) is 0 Å². The number of benzene rings is 1. The molecule has 3 rings (SSSR count). The number of nitrogens with zero attached hydrogens (tertiary/aromatic N) is 2. The van der Waals surface area contributed by atoms with Crippen LogP contribution < -0.4 is 0 Å². The zero-order chi connectivity index (χ0) is 11.9. The van der Waals surface area contributed by atoms with Gasteiger partial charge in [0.25, 0.3) is 0 Å². The van der Waals surface area contributed by atoms with Crippen LogP contribution in [0.2, 0.25) is 0 Å². The first-order valence-corrected chi connectivity index (χ1v) is 5.12. The van der Waals surface area contributed by atoms with E-state index in [1.807, 2.05) is 24.3 Å². The molecule has 0 bridgehead atoms. The van der Waals surface area contributed by atoms with Crippen LogP contribution in [-0.4, -0.2) is 11.0 Å². The topological polar surface area (TPSA) is 77.5 Å². The maximum Gasteiger partial charge on any atom is 0.393 e. The predicted molar refractivity (Wildman–Crippen MR) is 59.7 cm³/mol. The van der Waals surface area contributed by atoms with Crippen molar-refractivity contribution < 1.29 is 9.90 Å². The maximum absolute atomic E-state index is 11.3. The summed E-state index contributed by atoms with van der Waals surface area (Å²) < 4.78 is 0. The summed E-state index contributed by atoms with van der Waals surface area (Å²) in [5, 5.41) is 19.6. The lowest BCUT2D eigenvalue weighted by Gasteiger charge is -2.14. The van der Waals surface area contributed by atoms with Crippen molar-refractivity contribution in [1.29, 1.82) is 0 Å². The number of hydrogen-bond acceptors (Lipinski definition) is 3. The zero-order valence-corrected chi connectivity index (χ0v) is 8.75. The van der Waals surface area contributed by atoms with Gasteiger partial charge < -0.3 is 4.98 Å². The SMILES string of the molecule is [O]C(=O)C1(c2c[nH]c3ccccc23)C=CN=N1. The highest BCUT2D eigenvalue weighted by molar-refractivity contribution is 5.93. The number of hydrogen-bond donors (Lipinski definition) is 1. The Bertz CT molecular complexity index is 643. The third kappa shape index (κ3) is 1.22. The molecular weight excluding hydrogens is 218 g/mol. The summed E-state index contributed by atoms with van der Waals surface area (Å²) in [5.41, 5.74) is -0.0937. The molecule has 2 heterocycles. The molecule has 5 heteroatoms. The molecule has 5 nitrogen and oxygen atoms in total. The molecule has 1 aromatic heterocycles. The number of para-hydroxylation sites is 1. The minimum absolute atomic E-state index is 0.547. The van der Waals surface area contributed by atoms with Gasteiger partial charge in [0.2, 0.25) is 5.54 Å². The van der Waals surface area contributed by atoms with Gasteiger partial charge in [-0.15, -0.1) is 0 Å². The van der Waals surface area contributed by atoms with E-state index in [2.05, 4.69) is 15.2 Å². The van der Waals surface area contributed by atoms with Crippen molar-refractivity contribution >= 4 is 16.9 Å². The third-order valence-electron chi connectivity index (χ3n) is 2.91. The van der Waals surface area contributed by atoms with E-state index < -0.39 is 11.5 Å². The third-order valence-corrected chi connectivity index (χ3v) is 2.91. The first kappa shape index (κ1) is 9.77. The fourth-order valence-electron chi connectivity index (χ4n) is 2.05. The summed E-state index contributed by atoms with van der Waals surface area (Å²) >= 11 is 0. The van der Waals surface area contributed by atoms with Gasteiger partial charge in [0.05, 0.1) is 0 Å². The summed E-state index contributed by atoms with van der Waals surface area (Å²) in [4.78, 5) is 14.4. The lowest BCUT2D eigenvalue weighted by Crippen LogP contribution is -2.28. The summed E-state index contributed by atoms with van der Waals surface area (Å²) in [6.07, 6.45) is 4.44. The number of H-pyrrole nitrogens is 1. The van der Waals surface area contributed by atoms with Crippen molar-refractivity contribution in [1.82, 2.24) is 4.98 Å². The average molecular weight is 226 g/mol. The van der Waals surface area contributed by atoms with E-state index in [0.717, 1.165) is 10.9 Å². The Morgan fingerprint density at radius 3 is 2.82 bits per heavy atom. The monoisotopic (exact) mass is 226 g/mol. The first-order chi connectivity index (χ1) is 8.24. The summed E-state index contributed by atoms with van der Waals surface area (Å²) in [5.74, 6) is -1.28. The van der Waals surface area contributed by atoms with Gasteiger partial charge in [-0.2, -0.15) is 10.2 Å². The van der Waals surface area contributed by atoms with Gasteiger partial charge in [0, 0.05) is 28.9 Å². The number of carbonyl (C=O) groups excluding carboxylic acids is 1. The number of rotatable bonds is 2. The molecule has 17 heavy (non-hydrogen) atoms. The van der Waals surface area contributed by atoms with E-state index in [1.165, 1.54) is 12.3 Å². The van der Waals surface area contributed by atoms with Crippen LogP contribution in [0.5, 0.6) is 0 Å². The molecule has 1 atom stereocenters. The molecule has 0 saturated heterocycles. The minimum atomic E-state index is -1.50. The van der Waals surface area contributed by atoms with Crippen LogP contribution in [0.4, 0.5) is 0 Å². The largest absolute Gasteiger partial charge is 0.393 e. The zero-order valence-electron chi connectivity index (χ0n) is 8.75. The Labute approximate surface area is 96.5 Å². The number of azo groups is 1. The second-order valence-corrected chi connectivity index (χ2v) is 3.83. The van der Waals surface area contributed by atoms with Gasteiger partial charge >= 0.3 is 5.97 Å². The van der Waals surface area contributed by atoms with Gasteiger partial charge in [0.15, 0.2) is 0 Å². The number of carbonyl (C=O) groups is 1. The van der Waals surface area contributed by atoms with Crippen molar-refractivity contribution in [2.45, 2.75) is 5.54 Å². The molecule has 1 aliphatic rings. The van der Waals surface area contributed by atoms with Crippen LogP contribution in [0.1, 0.15) is 5.56 Å². The fourth-order valence-corrected chi connectivity index (χ4v) is 2.05. The van der Waals surface area contributed by atoms with E-state index >= 15 is 0 Å². The number of aromatic nitrogens is 1. The molecule has 0 saturated carbocycles. The highest BCUT2D eigenvalue weighted by Gasteiger charge is 2.43. The van der Waals surface area contributed by atoms with Crippen molar-refractivity contribution in [3.8, 4) is 0 Å². The van der Waals surface area contributed by atoms with E-state index in [9.17, 15) is 9.90 Å². The molecule has 0 amide bonds. The molecular formula is C12H8N3O2. The van der Waals surface area contributed by atoms with Crippen molar-refractivity contribution in [3.63, 3.8) is 0 Å². The predicted octanol–water partition coefficient (Wildman–Crippen LogP) is 2.30. The molecule has 1 unspecified atom stereocenters. The molecule has 83 valence electrons. The molecule has 1 aromatic carbocycles. The Kier molecular flexibility index (Phi) is 1.89. The van der Waals surface area contributed by atoms with Crippen molar-refractivity contribution in [2.24, 2.45) is 10.2 Å². The molecule has 1 N–H and O–H groups in total. The molecule has 0 spiro atoms. The van der Waals surface area contributed by atoms with Crippen LogP contribution in [-0.2, 0) is 15.4 Å². The molecule has 0 fully saturated rings. The fraction of sp³-hybridized carbons (Fsp3) is 0.0833.